The monoisotopic (exact) mass is 302 g/mol. The number of hydrogen-bond donors (Lipinski definition) is 2. The van der Waals surface area contributed by atoms with Gasteiger partial charge in [-0.1, -0.05) is 42.1 Å². The van der Waals surface area contributed by atoms with Crippen molar-refractivity contribution in [3.63, 3.8) is 0 Å². The molecule has 1 unspecified atom stereocenters. The van der Waals surface area contributed by atoms with E-state index in [0.717, 1.165) is 22.0 Å². The smallest absolute Gasteiger partial charge is 0.335 e. The first-order chi connectivity index (χ1) is 10.0. The van der Waals surface area contributed by atoms with Gasteiger partial charge in [-0.3, -0.25) is 0 Å². The molecule has 1 aromatic rings. The maximum absolute atomic E-state index is 11.6. The zero-order chi connectivity index (χ0) is 15.4. The molecule has 0 saturated heterocycles. The molecule has 0 amide bonds. The number of carbonyl (C=O) groups is 1. The van der Waals surface area contributed by atoms with Crippen LogP contribution in [0.5, 0.6) is 0 Å². The summed E-state index contributed by atoms with van der Waals surface area (Å²) in [7, 11) is 0. The first-order valence-corrected chi connectivity index (χ1v) is 7.61. The van der Waals surface area contributed by atoms with Gasteiger partial charge in [-0.15, -0.1) is 6.58 Å². The number of amidine groups is 1. The number of carboxylic acid groups (broad SMARTS) is 1. The van der Waals surface area contributed by atoms with Crippen molar-refractivity contribution in [1.82, 2.24) is 5.32 Å². The van der Waals surface area contributed by atoms with Crippen LogP contribution in [0.2, 0.25) is 0 Å². The summed E-state index contributed by atoms with van der Waals surface area (Å²) in [6.45, 7) is 7.44. The summed E-state index contributed by atoms with van der Waals surface area (Å²) in [5, 5.41) is 13.3. The summed E-state index contributed by atoms with van der Waals surface area (Å²) in [6.07, 6.45) is 1.80. The molecule has 2 N–H and O–H groups in total. The van der Waals surface area contributed by atoms with Gasteiger partial charge < -0.3 is 10.4 Å². The number of aliphatic carboxylic acids is 1. The molecule has 1 aliphatic heterocycles. The van der Waals surface area contributed by atoms with Crippen LogP contribution in [0.3, 0.4) is 0 Å². The van der Waals surface area contributed by atoms with Crippen molar-refractivity contribution in [2.24, 2.45) is 4.99 Å². The first-order valence-electron chi connectivity index (χ1n) is 6.62. The normalized spacial score (nSPS) is 18.0. The van der Waals surface area contributed by atoms with Crippen molar-refractivity contribution in [3.8, 4) is 0 Å². The van der Waals surface area contributed by atoms with Crippen molar-refractivity contribution in [1.29, 1.82) is 0 Å². The standard InChI is InChI=1S/C16H18N2O2S/c1-4-9-21-16-17-11(3)13(15(19)20)14(18-16)12-8-6-5-7-10(12)2/h4-8,14H,1,9H2,2-3H3,(H,17,18)(H,19,20). The van der Waals surface area contributed by atoms with Crippen LogP contribution in [0.15, 0.2) is 53.2 Å². The number of hydrogen-bond acceptors (Lipinski definition) is 4. The lowest BCUT2D eigenvalue weighted by molar-refractivity contribution is -0.133. The number of aliphatic imine (C=N–C) groups is 1. The lowest BCUT2D eigenvalue weighted by Crippen LogP contribution is -2.30. The van der Waals surface area contributed by atoms with Crippen molar-refractivity contribution in [2.75, 3.05) is 5.75 Å². The molecule has 0 spiro atoms. The Kier molecular flexibility index (Phi) is 4.85. The van der Waals surface area contributed by atoms with E-state index in [0.29, 0.717) is 11.3 Å². The SMILES string of the molecule is C=CCSC1=NC(c2ccccc2C)C(C(=O)O)=C(C)N1. The van der Waals surface area contributed by atoms with E-state index in [1.54, 1.807) is 13.0 Å². The summed E-state index contributed by atoms with van der Waals surface area (Å²) in [5.74, 6) is -0.216. The van der Waals surface area contributed by atoms with Gasteiger partial charge >= 0.3 is 5.97 Å². The molecule has 0 radical (unpaired) electrons. The minimum atomic E-state index is -0.940. The second-order valence-corrected chi connectivity index (χ2v) is 5.77. The Morgan fingerprint density at radius 1 is 1.48 bits per heavy atom. The van der Waals surface area contributed by atoms with E-state index in [4.69, 9.17) is 0 Å². The lowest BCUT2D eigenvalue weighted by atomic mass is 9.93. The van der Waals surface area contributed by atoms with E-state index in [-0.39, 0.29) is 0 Å². The molecule has 4 nitrogen and oxygen atoms in total. The molecule has 2 rings (SSSR count). The largest absolute Gasteiger partial charge is 0.478 e. The van der Waals surface area contributed by atoms with E-state index in [2.05, 4.69) is 16.9 Å². The molecule has 0 aliphatic carbocycles. The van der Waals surface area contributed by atoms with E-state index >= 15 is 0 Å². The van der Waals surface area contributed by atoms with Crippen LogP contribution < -0.4 is 5.32 Å². The van der Waals surface area contributed by atoms with Crippen LogP contribution >= 0.6 is 11.8 Å². The molecule has 110 valence electrons. The van der Waals surface area contributed by atoms with Crippen LogP contribution in [0, 0.1) is 6.92 Å². The fraction of sp³-hybridized carbons (Fsp3) is 0.250. The molecule has 0 saturated carbocycles. The molecular formula is C16H18N2O2S. The summed E-state index contributed by atoms with van der Waals surface area (Å²) in [5.41, 5.74) is 2.89. The second-order valence-electron chi connectivity index (χ2n) is 4.76. The van der Waals surface area contributed by atoms with E-state index < -0.39 is 12.0 Å². The quantitative estimate of drug-likeness (QED) is 0.838. The van der Waals surface area contributed by atoms with E-state index in [1.165, 1.54) is 11.8 Å². The fourth-order valence-electron chi connectivity index (χ4n) is 2.25. The molecule has 1 atom stereocenters. The topological polar surface area (TPSA) is 61.7 Å². The highest BCUT2D eigenvalue weighted by atomic mass is 32.2. The Balaban J connectivity index is 2.46. The Bertz CT molecular complexity index is 635. The molecule has 1 heterocycles. The predicted octanol–water partition coefficient (Wildman–Crippen LogP) is 3.27. The molecule has 21 heavy (non-hydrogen) atoms. The zero-order valence-corrected chi connectivity index (χ0v) is 12.9. The Morgan fingerprint density at radius 3 is 2.81 bits per heavy atom. The molecule has 1 aliphatic rings. The van der Waals surface area contributed by atoms with Crippen LogP contribution in [-0.4, -0.2) is 22.0 Å². The number of nitrogens with one attached hydrogen (secondary N) is 1. The maximum atomic E-state index is 11.6. The number of allylic oxidation sites excluding steroid dienone is 1. The highest BCUT2D eigenvalue weighted by Gasteiger charge is 2.29. The Labute approximate surface area is 128 Å². The third-order valence-corrected chi connectivity index (χ3v) is 4.15. The number of thioether (sulfide) groups is 1. The third-order valence-electron chi connectivity index (χ3n) is 3.27. The Hall–Kier alpha value is -2.01. The van der Waals surface area contributed by atoms with Gasteiger partial charge in [0.05, 0.1) is 5.57 Å². The van der Waals surface area contributed by atoms with Gasteiger partial charge in [0.1, 0.15) is 6.04 Å². The average Bonchev–Trinajstić information content (AvgIpc) is 2.44. The van der Waals surface area contributed by atoms with E-state index in [1.807, 2.05) is 31.2 Å². The molecule has 5 heteroatoms. The third kappa shape index (κ3) is 3.36. The summed E-state index contributed by atoms with van der Waals surface area (Å²) in [6, 6.07) is 7.27. The zero-order valence-electron chi connectivity index (χ0n) is 12.1. The van der Waals surface area contributed by atoms with Gasteiger partial charge in [-0.25, -0.2) is 9.79 Å². The van der Waals surface area contributed by atoms with Crippen molar-refractivity contribution < 1.29 is 9.90 Å². The van der Waals surface area contributed by atoms with Gasteiger partial charge in [-0.05, 0) is 25.0 Å². The highest BCUT2D eigenvalue weighted by Crippen LogP contribution is 2.33. The summed E-state index contributed by atoms with van der Waals surface area (Å²) < 4.78 is 0. The number of benzene rings is 1. The van der Waals surface area contributed by atoms with Gasteiger partial charge in [-0.2, -0.15) is 0 Å². The Morgan fingerprint density at radius 2 is 2.19 bits per heavy atom. The fourth-order valence-corrected chi connectivity index (χ4v) is 2.94. The number of rotatable bonds is 4. The minimum absolute atomic E-state index is 0.298. The van der Waals surface area contributed by atoms with Crippen molar-refractivity contribution in [3.05, 3.63) is 59.3 Å². The predicted molar refractivity (Wildman–Crippen MR) is 87.5 cm³/mol. The van der Waals surface area contributed by atoms with Crippen LogP contribution in [-0.2, 0) is 4.79 Å². The van der Waals surface area contributed by atoms with Gasteiger partial charge in [0.2, 0.25) is 0 Å². The number of nitrogens with zero attached hydrogens (tertiary/aromatic N) is 1. The van der Waals surface area contributed by atoms with Crippen molar-refractivity contribution >= 4 is 22.9 Å². The molecule has 0 aromatic heterocycles. The molecule has 1 aromatic carbocycles. The lowest BCUT2D eigenvalue weighted by Gasteiger charge is -2.25. The number of carboxylic acids is 1. The highest BCUT2D eigenvalue weighted by molar-refractivity contribution is 8.13. The molecule has 0 fully saturated rings. The van der Waals surface area contributed by atoms with Crippen LogP contribution in [0.25, 0.3) is 0 Å². The van der Waals surface area contributed by atoms with Crippen LogP contribution in [0.4, 0.5) is 0 Å². The summed E-state index contributed by atoms with van der Waals surface area (Å²) in [4.78, 5) is 16.2. The van der Waals surface area contributed by atoms with Crippen LogP contribution in [0.1, 0.15) is 24.1 Å². The number of aryl methyl sites for hydroxylation is 1. The second kappa shape index (κ2) is 6.63. The van der Waals surface area contributed by atoms with Gasteiger partial charge in [0, 0.05) is 11.4 Å². The average molecular weight is 302 g/mol. The minimum Gasteiger partial charge on any atom is -0.478 e. The van der Waals surface area contributed by atoms with Gasteiger partial charge in [0.15, 0.2) is 5.17 Å². The summed E-state index contributed by atoms with van der Waals surface area (Å²) >= 11 is 1.51. The first kappa shape index (κ1) is 15.4. The van der Waals surface area contributed by atoms with E-state index in [9.17, 15) is 9.90 Å². The molecular weight excluding hydrogens is 284 g/mol. The molecule has 0 bridgehead atoms. The maximum Gasteiger partial charge on any atom is 0.335 e. The van der Waals surface area contributed by atoms with Gasteiger partial charge in [0.25, 0.3) is 0 Å². The van der Waals surface area contributed by atoms with Crippen molar-refractivity contribution in [2.45, 2.75) is 19.9 Å².